The number of benzene rings is 3. The van der Waals surface area contributed by atoms with E-state index in [0.29, 0.717) is 0 Å². The number of alkyl halides is 9. The van der Waals surface area contributed by atoms with Crippen molar-refractivity contribution >= 4 is 67.6 Å². The molecule has 37 heteroatoms. The summed E-state index contributed by atoms with van der Waals surface area (Å²) in [5, 5.41) is 22.0. The first-order valence-electron chi connectivity index (χ1n) is 26.6. The van der Waals surface area contributed by atoms with Gasteiger partial charge in [-0.15, -0.1) is 0 Å². The number of likely N-dealkylation sites (N-methyl/N-ethyl adjacent to an activating group) is 3. The number of nitrogens with zero attached hydrogens (tertiary/aromatic N) is 12. The van der Waals surface area contributed by atoms with Crippen LogP contribution in [0.25, 0.3) is 0 Å². The molecule has 0 atom stereocenters. The fourth-order valence-electron chi connectivity index (χ4n) is 5.86. The number of halogens is 9. The summed E-state index contributed by atoms with van der Waals surface area (Å²) in [5.41, 5.74) is -10.4. The van der Waals surface area contributed by atoms with E-state index in [-0.39, 0.29) is 51.2 Å². The molecular formula is C55H76Cu3F9N12O10S3+3. The maximum absolute atomic E-state index is 10.7. The first-order chi connectivity index (χ1) is 41.6. The molecule has 0 spiro atoms. The molecule has 0 aliphatic carbocycles. The molecule has 1 aliphatic rings. The van der Waals surface area contributed by atoms with E-state index in [1.54, 1.807) is 18.2 Å². The fourth-order valence-corrected chi connectivity index (χ4v) is 5.86. The Labute approximate surface area is 566 Å². The Morgan fingerprint density at radius 2 is 0.543 bits per heavy atom. The van der Waals surface area contributed by atoms with E-state index >= 15 is 0 Å². The normalized spacial score (nSPS) is 14.1. The number of fused-ring (bicyclic) bond motifs is 6. The van der Waals surface area contributed by atoms with Gasteiger partial charge in [-0.1, -0.05) is 75.4 Å². The van der Waals surface area contributed by atoms with Crippen LogP contribution in [0, 0.1) is 34.0 Å². The summed E-state index contributed by atoms with van der Waals surface area (Å²) in [6.45, 7) is 29.4. The van der Waals surface area contributed by atoms with Crippen molar-refractivity contribution < 1.29 is 134 Å². The van der Waals surface area contributed by atoms with Crippen LogP contribution in [0.4, 0.5) is 39.5 Å². The summed E-state index contributed by atoms with van der Waals surface area (Å²) in [5.74, 6) is 0. The molecule has 0 unspecified atom stereocenters. The fraction of sp³-hybridized carbons (Fsp3) is 0.509. The number of aliphatic imine (C=N–C) groups is 6. The summed E-state index contributed by atoms with van der Waals surface area (Å²) < 4.78 is 182. The molecular weight excluding hydrogens is 1450 g/mol. The van der Waals surface area contributed by atoms with E-state index in [4.69, 9.17) is 89.4 Å². The van der Waals surface area contributed by atoms with Gasteiger partial charge in [0.05, 0.1) is 57.5 Å². The molecule has 0 amide bonds. The topological polar surface area (TPSA) is 336 Å². The van der Waals surface area contributed by atoms with Gasteiger partial charge in [0.1, 0.15) is 0 Å². The maximum Gasteiger partial charge on any atom is 2.00 e. The van der Waals surface area contributed by atoms with Gasteiger partial charge in [0.15, 0.2) is 30.4 Å². The second kappa shape index (κ2) is 58.2. The number of hydrogen-bond donors (Lipinski definition) is 0. The third-order valence-electron chi connectivity index (χ3n) is 10.0. The number of rotatable bonds is 5. The van der Waals surface area contributed by atoms with E-state index in [2.05, 4.69) is 108 Å². The van der Waals surface area contributed by atoms with Crippen LogP contribution in [-0.4, -0.2) is 219 Å². The van der Waals surface area contributed by atoms with E-state index in [0.717, 1.165) is 145 Å². The Balaban J connectivity index is -0.000000286. The molecule has 3 radical (unpaired) electrons. The van der Waals surface area contributed by atoms with E-state index < -0.39 is 46.9 Å². The molecule has 0 saturated carbocycles. The largest absolute Gasteiger partial charge is 2.00 e. The second-order valence-corrected chi connectivity index (χ2v) is 20.8. The minimum Gasteiger partial charge on any atom is -0.741 e. The van der Waals surface area contributed by atoms with Crippen LogP contribution < -0.4 is 0 Å². The summed E-state index contributed by atoms with van der Waals surface area (Å²) in [6, 6.07) is 30.4. The first kappa shape index (κ1) is 100. The molecule has 0 aromatic heterocycles. The summed E-state index contributed by atoms with van der Waals surface area (Å²) in [7, 11) is -18.3. The van der Waals surface area contributed by atoms with Crippen LogP contribution in [0.5, 0.6) is 0 Å². The Bertz CT molecular complexity index is 2660. The first-order valence-corrected chi connectivity index (χ1v) is 30.8. The van der Waals surface area contributed by atoms with Gasteiger partial charge in [-0.3, -0.25) is 44.7 Å². The third-order valence-corrected chi connectivity index (χ3v) is 11.7. The van der Waals surface area contributed by atoms with Crippen molar-refractivity contribution in [3.8, 4) is 18.2 Å². The third kappa shape index (κ3) is 57.3. The van der Waals surface area contributed by atoms with Crippen molar-refractivity contribution in [3.05, 3.63) is 106 Å². The summed E-state index contributed by atoms with van der Waals surface area (Å²) in [6.07, 6.45) is 11.8. The average Bonchev–Trinajstić information content (AvgIpc) is 3.64. The maximum atomic E-state index is 10.7. The Morgan fingerprint density at radius 1 is 0.402 bits per heavy atom. The minimum absolute atomic E-state index is 0. The molecule has 527 valence electrons. The van der Waals surface area contributed by atoms with Crippen molar-refractivity contribution in [1.29, 1.82) is 15.8 Å². The van der Waals surface area contributed by atoms with E-state index in [1.165, 1.54) is 20.8 Å². The molecule has 22 nitrogen and oxygen atoms in total. The Kier molecular flexibility index (Phi) is 63.4. The number of hydrogen-bond acceptors (Lipinski definition) is 22. The predicted molar refractivity (Wildman–Crippen MR) is 324 cm³/mol. The van der Waals surface area contributed by atoms with Gasteiger partial charge in [-0.05, 0) is 85.1 Å². The predicted octanol–water partition coefficient (Wildman–Crippen LogP) is 8.36. The van der Waals surface area contributed by atoms with Crippen LogP contribution in [0.1, 0.15) is 88.8 Å². The Hall–Kier alpha value is -5.35. The van der Waals surface area contributed by atoms with Crippen LogP contribution >= 0.6 is 0 Å². The van der Waals surface area contributed by atoms with Crippen LogP contribution in [-0.2, 0) is 86.3 Å². The smallest absolute Gasteiger partial charge is 0.741 e. The molecule has 3 aromatic rings. The number of nitriles is 3. The molecule has 92 heavy (non-hydrogen) atoms. The van der Waals surface area contributed by atoms with Gasteiger partial charge >= 0.3 is 67.7 Å². The molecule has 4 rings (SSSR count). The zero-order chi connectivity index (χ0) is 69.0. The van der Waals surface area contributed by atoms with Crippen LogP contribution in [0.3, 0.4) is 0 Å². The molecule has 0 N–H and O–H groups in total. The molecule has 1 heterocycles. The molecule has 1 aliphatic heterocycles. The number of ether oxygens (including phenoxy) is 1. The minimum atomic E-state index is -6.09. The van der Waals surface area contributed by atoms with Gasteiger partial charge in [-0.25, -0.2) is 25.3 Å². The van der Waals surface area contributed by atoms with Gasteiger partial charge in [0.25, 0.3) is 0 Å². The van der Waals surface area contributed by atoms with Crippen LogP contribution in [0.2, 0.25) is 0 Å². The zero-order valence-electron chi connectivity index (χ0n) is 51.4. The average molecular weight is 1520 g/mol. The van der Waals surface area contributed by atoms with E-state index in [1.807, 2.05) is 51.1 Å². The zero-order valence-corrected chi connectivity index (χ0v) is 56.7. The van der Waals surface area contributed by atoms with Crippen LogP contribution in [0.15, 0.2) is 103 Å². The standard InChI is InChI=1S/C42H57N9.C4H10O.3C2H3N.3CHF3O3S.3Cu/c1-4-49-22-16-43-31-37-10-7-12-39(28-37)33-45-18-24-50(5-2)26-20-47-35-41-14-9-15-42(30-41)36-48-21-27-51(6-3)25-19-46-34-40-13-8-11-38(29-40)32-44-17-23-49;1-3-5-4-2;3*1-2-3;3*2-1(3,4)8(5,6)7;;;/h7-15,28-36H,4-6,16-27H2,1-3H3;3-4H2,1-2H3;3*1H3;3*(H,5,6,7);;;/q;;;;;;;;3*+2/p-3. The second-order valence-electron chi connectivity index (χ2n) is 16.7. The van der Waals surface area contributed by atoms with E-state index in [9.17, 15) is 39.5 Å². The van der Waals surface area contributed by atoms with Crippen molar-refractivity contribution in [1.82, 2.24) is 14.7 Å². The molecule has 6 bridgehead atoms. The molecule has 0 fully saturated rings. The van der Waals surface area contributed by atoms with Gasteiger partial charge in [0, 0.05) is 111 Å². The van der Waals surface area contributed by atoms with Crippen molar-refractivity contribution in [2.45, 2.75) is 71.9 Å². The Morgan fingerprint density at radius 3 is 0.641 bits per heavy atom. The van der Waals surface area contributed by atoms with Crippen molar-refractivity contribution in [2.75, 3.05) is 111 Å². The summed E-state index contributed by atoms with van der Waals surface area (Å²) >= 11 is 0. The SMILES string of the molecule is CC#N.CC#N.CC#N.CCN1CCN=Cc2cccc(c2)C=NCCN(CC)CCN=Cc2cccc(c2)C=NCCN(CC)CCN=Cc2cccc(c2)C=NCC1.CCOCC.O=S(=O)([O-])C(F)(F)F.O=S(=O)([O-])C(F)(F)F.O=S(=O)([O-])C(F)(F)F.[Cu+2].[Cu+2].[Cu+2]. The van der Waals surface area contributed by atoms with Gasteiger partial charge < -0.3 is 18.4 Å². The molecule has 0 saturated heterocycles. The van der Waals surface area contributed by atoms with Gasteiger partial charge in [0.2, 0.25) is 0 Å². The van der Waals surface area contributed by atoms with Crippen molar-refractivity contribution in [3.63, 3.8) is 0 Å². The monoisotopic (exact) mass is 1520 g/mol. The molecule has 3 aromatic carbocycles. The van der Waals surface area contributed by atoms with Crippen molar-refractivity contribution in [2.24, 2.45) is 30.0 Å². The summed E-state index contributed by atoms with van der Waals surface area (Å²) in [4.78, 5) is 35.5. The van der Waals surface area contributed by atoms with Gasteiger partial charge in [-0.2, -0.15) is 55.3 Å². The quantitative estimate of drug-likeness (QED) is 0.100.